The second-order valence-corrected chi connectivity index (χ2v) is 8.15. The third-order valence-corrected chi connectivity index (χ3v) is 6.11. The molecule has 148 valence electrons. The molecule has 3 heterocycles. The Morgan fingerprint density at radius 3 is 2.93 bits per heavy atom. The van der Waals surface area contributed by atoms with E-state index in [2.05, 4.69) is 57.0 Å². The van der Waals surface area contributed by atoms with Crippen molar-refractivity contribution in [2.24, 2.45) is 10.9 Å². The molecule has 0 aliphatic carbocycles. The quantitative estimate of drug-likeness (QED) is 0.585. The van der Waals surface area contributed by atoms with Crippen molar-refractivity contribution in [2.45, 2.75) is 46.2 Å². The van der Waals surface area contributed by atoms with Gasteiger partial charge in [0.1, 0.15) is 12.3 Å². The zero-order valence-corrected chi connectivity index (χ0v) is 17.6. The average molecular weight is 390 g/mol. The van der Waals surface area contributed by atoms with Crippen LogP contribution >= 0.6 is 11.3 Å². The summed E-state index contributed by atoms with van der Waals surface area (Å²) in [6, 6.07) is 4.89. The van der Waals surface area contributed by atoms with Crippen LogP contribution in [0.2, 0.25) is 0 Å². The van der Waals surface area contributed by atoms with Gasteiger partial charge >= 0.3 is 0 Å². The topological polar surface area (TPSA) is 65.7 Å². The number of nitrogens with zero attached hydrogens (tertiary/aromatic N) is 3. The minimum atomic E-state index is 0.447. The highest BCUT2D eigenvalue weighted by atomic mass is 32.1. The Kier molecular flexibility index (Phi) is 6.90. The highest BCUT2D eigenvalue weighted by molar-refractivity contribution is 7.10. The molecule has 0 spiro atoms. The molecule has 0 saturated carbocycles. The number of hydrogen-bond acceptors (Lipinski definition) is 5. The van der Waals surface area contributed by atoms with Crippen LogP contribution in [0, 0.1) is 19.8 Å². The van der Waals surface area contributed by atoms with Crippen LogP contribution in [-0.2, 0) is 6.54 Å². The lowest BCUT2D eigenvalue weighted by Crippen LogP contribution is -2.44. The van der Waals surface area contributed by atoms with Gasteiger partial charge < -0.3 is 15.1 Å². The van der Waals surface area contributed by atoms with Crippen LogP contribution in [0.4, 0.5) is 0 Å². The van der Waals surface area contributed by atoms with Crippen LogP contribution in [-0.4, -0.2) is 42.5 Å². The number of piperidine rings is 1. The van der Waals surface area contributed by atoms with E-state index < -0.39 is 0 Å². The Hall–Kier alpha value is -1.86. The third kappa shape index (κ3) is 5.11. The number of thiophene rings is 1. The number of hydrogen-bond donors (Lipinski definition) is 2. The van der Waals surface area contributed by atoms with Gasteiger partial charge in [0, 0.05) is 24.0 Å². The lowest BCUT2D eigenvalue weighted by Gasteiger charge is -2.39. The molecule has 1 aliphatic rings. The number of likely N-dealkylation sites (tertiary alicyclic amines) is 1. The maximum Gasteiger partial charge on any atom is 0.216 e. The van der Waals surface area contributed by atoms with Crippen LogP contribution in [0.5, 0.6) is 0 Å². The van der Waals surface area contributed by atoms with Crippen molar-refractivity contribution in [3.8, 4) is 0 Å². The fourth-order valence-corrected chi connectivity index (χ4v) is 4.69. The molecule has 0 aromatic carbocycles. The molecule has 3 rings (SSSR count). The molecule has 2 atom stereocenters. The van der Waals surface area contributed by atoms with E-state index in [1.807, 2.05) is 25.2 Å². The molecule has 2 N–H and O–H groups in total. The molecule has 0 radical (unpaired) electrons. The number of nitrogens with one attached hydrogen (secondary N) is 2. The minimum Gasteiger partial charge on any atom is -0.444 e. The van der Waals surface area contributed by atoms with Gasteiger partial charge in [-0.2, -0.15) is 0 Å². The predicted molar refractivity (Wildman–Crippen MR) is 111 cm³/mol. The van der Waals surface area contributed by atoms with Crippen LogP contribution in [0.1, 0.15) is 48.0 Å². The van der Waals surface area contributed by atoms with Crippen molar-refractivity contribution >= 4 is 17.3 Å². The fourth-order valence-electron chi connectivity index (χ4n) is 3.71. The van der Waals surface area contributed by atoms with Gasteiger partial charge in [-0.15, -0.1) is 11.3 Å². The summed E-state index contributed by atoms with van der Waals surface area (Å²) in [6.07, 6.45) is 2.48. The van der Waals surface area contributed by atoms with Crippen molar-refractivity contribution < 1.29 is 4.42 Å². The highest BCUT2D eigenvalue weighted by Crippen LogP contribution is 2.36. The van der Waals surface area contributed by atoms with Gasteiger partial charge in [-0.1, -0.05) is 6.07 Å². The number of aromatic nitrogens is 1. The summed E-state index contributed by atoms with van der Waals surface area (Å²) in [5.74, 6) is 2.92. The Balaban J connectivity index is 1.64. The van der Waals surface area contributed by atoms with Crippen molar-refractivity contribution in [3.63, 3.8) is 0 Å². The minimum absolute atomic E-state index is 0.447. The Morgan fingerprint density at radius 2 is 2.26 bits per heavy atom. The molecule has 2 aromatic heterocycles. The molecule has 0 amide bonds. The van der Waals surface area contributed by atoms with Gasteiger partial charge in [-0.25, -0.2) is 9.98 Å². The van der Waals surface area contributed by atoms with Crippen molar-refractivity contribution in [1.82, 2.24) is 20.5 Å². The van der Waals surface area contributed by atoms with E-state index in [-0.39, 0.29) is 0 Å². The molecule has 2 unspecified atom stereocenters. The molecular formula is C20H31N5OS. The summed E-state index contributed by atoms with van der Waals surface area (Å²) in [5.41, 5.74) is 0.933. The first-order valence-corrected chi connectivity index (χ1v) is 10.6. The summed E-state index contributed by atoms with van der Waals surface area (Å²) in [4.78, 5) is 13.0. The van der Waals surface area contributed by atoms with E-state index in [9.17, 15) is 0 Å². The monoisotopic (exact) mass is 389 g/mol. The molecule has 1 fully saturated rings. The number of oxazole rings is 1. The SMILES string of the molecule is CCNC(=NCc1nc(C)c(C)o1)NCC1CCCN(C)C1c1cccs1. The Morgan fingerprint density at radius 1 is 1.41 bits per heavy atom. The maximum atomic E-state index is 5.64. The standard InChI is InChI=1S/C20H31N5OS/c1-5-21-20(23-13-18-24-14(2)15(3)26-18)22-12-16-8-6-10-25(4)19(16)17-9-7-11-27-17/h7,9,11,16,19H,5-6,8,10,12-13H2,1-4H3,(H2,21,22,23). The molecule has 27 heavy (non-hydrogen) atoms. The molecule has 6 nitrogen and oxygen atoms in total. The van der Waals surface area contributed by atoms with Crippen molar-refractivity contribution in [1.29, 1.82) is 0 Å². The van der Waals surface area contributed by atoms with E-state index in [0.717, 1.165) is 37.0 Å². The van der Waals surface area contributed by atoms with E-state index in [1.54, 1.807) is 0 Å². The van der Waals surface area contributed by atoms with Gasteiger partial charge in [-0.3, -0.25) is 4.90 Å². The smallest absolute Gasteiger partial charge is 0.216 e. The van der Waals surface area contributed by atoms with E-state index in [4.69, 9.17) is 4.42 Å². The second kappa shape index (κ2) is 9.37. The molecule has 1 aliphatic heterocycles. The second-order valence-electron chi connectivity index (χ2n) is 7.17. The van der Waals surface area contributed by atoms with Crippen molar-refractivity contribution in [3.05, 3.63) is 39.7 Å². The largest absolute Gasteiger partial charge is 0.444 e. The number of guanidine groups is 1. The lowest BCUT2D eigenvalue weighted by molar-refractivity contribution is 0.125. The lowest BCUT2D eigenvalue weighted by atomic mass is 9.88. The van der Waals surface area contributed by atoms with Crippen molar-refractivity contribution in [2.75, 3.05) is 26.7 Å². The average Bonchev–Trinajstić information content (AvgIpc) is 3.28. The first kappa shape index (κ1) is 19.9. The summed E-state index contributed by atoms with van der Waals surface area (Å²) in [7, 11) is 2.24. The fraction of sp³-hybridized carbons (Fsp3) is 0.600. The zero-order valence-electron chi connectivity index (χ0n) is 16.8. The summed E-state index contributed by atoms with van der Waals surface area (Å²) < 4.78 is 5.64. The maximum absolute atomic E-state index is 5.64. The first-order valence-electron chi connectivity index (χ1n) is 9.77. The van der Waals surface area contributed by atoms with Crippen LogP contribution < -0.4 is 10.6 Å². The number of rotatable bonds is 6. The van der Waals surface area contributed by atoms with Crippen LogP contribution in [0.3, 0.4) is 0 Å². The van der Waals surface area contributed by atoms with E-state index >= 15 is 0 Å². The first-order chi connectivity index (χ1) is 13.1. The summed E-state index contributed by atoms with van der Waals surface area (Å²) in [5, 5.41) is 9.05. The number of aryl methyl sites for hydroxylation is 2. The normalized spacial score (nSPS) is 21.4. The third-order valence-electron chi connectivity index (χ3n) is 5.16. The van der Waals surface area contributed by atoms with Gasteiger partial charge in [0.2, 0.25) is 5.89 Å². The summed E-state index contributed by atoms with van der Waals surface area (Å²) in [6.45, 7) is 9.32. The zero-order chi connectivity index (χ0) is 19.2. The number of aliphatic imine (C=N–C) groups is 1. The van der Waals surface area contributed by atoms with Gasteiger partial charge in [0.05, 0.1) is 5.69 Å². The Bertz CT molecular complexity index is 720. The van der Waals surface area contributed by atoms with Crippen LogP contribution in [0.25, 0.3) is 0 Å². The van der Waals surface area contributed by atoms with E-state index in [0.29, 0.717) is 24.4 Å². The molecular weight excluding hydrogens is 358 g/mol. The van der Waals surface area contributed by atoms with Gasteiger partial charge in [0.15, 0.2) is 5.96 Å². The molecule has 2 aromatic rings. The molecule has 7 heteroatoms. The predicted octanol–water partition coefficient (Wildman–Crippen LogP) is 3.49. The van der Waals surface area contributed by atoms with E-state index in [1.165, 1.54) is 17.7 Å². The van der Waals surface area contributed by atoms with Gasteiger partial charge in [0.25, 0.3) is 0 Å². The van der Waals surface area contributed by atoms with Gasteiger partial charge in [-0.05, 0) is 64.6 Å². The molecule has 1 saturated heterocycles. The summed E-state index contributed by atoms with van der Waals surface area (Å²) >= 11 is 1.86. The highest BCUT2D eigenvalue weighted by Gasteiger charge is 2.31. The van der Waals surface area contributed by atoms with Crippen LogP contribution in [0.15, 0.2) is 26.9 Å². The Labute approximate surface area is 166 Å². The molecule has 0 bridgehead atoms.